The molecule has 2 amide bonds. The molecule has 0 radical (unpaired) electrons. The van der Waals surface area contributed by atoms with Gasteiger partial charge in [0.25, 0.3) is 5.91 Å². The van der Waals surface area contributed by atoms with Crippen molar-refractivity contribution in [2.45, 2.75) is 44.2 Å². The van der Waals surface area contributed by atoms with Crippen LogP contribution >= 0.6 is 0 Å². The zero-order chi connectivity index (χ0) is 24.3. The van der Waals surface area contributed by atoms with Crippen LogP contribution in [0.25, 0.3) is 0 Å². The summed E-state index contributed by atoms with van der Waals surface area (Å²) in [6.07, 6.45) is 1.09. The first-order valence-corrected chi connectivity index (χ1v) is 12.7. The first-order chi connectivity index (χ1) is 16.3. The molecule has 3 aromatic rings. The van der Waals surface area contributed by atoms with E-state index in [0.717, 1.165) is 23.2 Å². The fourth-order valence-corrected chi connectivity index (χ4v) is 5.04. The van der Waals surface area contributed by atoms with Crippen LogP contribution in [0.3, 0.4) is 0 Å². The highest BCUT2D eigenvalue weighted by atomic mass is 32.2. The number of rotatable bonds is 7. The van der Waals surface area contributed by atoms with Gasteiger partial charge in [0, 0.05) is 35.9 Å². The summed E-state index contributed by atoms with van der Waals surface area (Å²) < 4.78 is 28.2. The van der Waals surface area contributed by atoms with E-state index in [1.54, 1.807) is 36.1 Å². The van der Waals surface area contributed by atoms with Crippen molar-refractivity contribution in [3.8, 4) is 0 Å². The van der Waals surface area contributed by atoms with Gasteiger partial charge >= 0.3 is 0 Å². The second-order valence-corrected chi connectivity index (χ2v) is 10.1. The van der Waals surface area contributed by atoms with Crippen molar-refractivity contribution in [2.75, 3.05) is 10.2 Å². The third-order valence-electron chi connectivity index (χ3n) is 5.84. The predicted molar refractivity (Wildman–Crippen MR) is 132 cm³/mol. The molecule has 0 bridgehead atoms. The summed E-state index contributed by atoms with van der Waals surface area (Å²) in [6, 6.07) is 20.9. The zero-order valence-electron chi connectivity index (χ0n) is 19.1. The maximum atomic E-state index is 13.1. The number of nitrogens with zero attached hydrogens (tertiary/aromatic N) is 1. The molecular formula is C26H27N3O4S. The van der Waals surface area contributed by atoms with E-state index in [1.165, 1.54) is 12.1 Å². The van der Waals surface area contributed by atoms with Crippen molar-refractivity contribution in [3.05, 3.63) is 89.5 Å². The summed E-state index contributed by atoms with van der Waals surface area (Å²) in [6.45, 7) is 3.84. The van der Waals surface area contributed by atoms with Crippen LogP contribution in [0.1, 0.15) is 41.8 Å². The van der Waals surface area contributed by atoms with Gasteiger partial charge in [-0.3, -0.25) is 9.59 Å². The first-order valence-electron chi connectivity index (χ1n) is 11.2. The highest BCUT2D eigenvalue weighted by molar-refractivity contribution is 7.89. The zero-order valence-corrected chi connectivity index (χ0v) is 19.9. The third-order valence-corrected chi connectivity index (χ3v) is 7.26. The number of sulfonamides is 1. The SMILES string of the molecule is CCC(=O)Nc1ccc(S(=O)(=O)NCc2ccc3c(c2)N(C(=O)c2ccccc2)C(C)C3)cc1. The largest absolute Gasteiger partial charge is 0.326 e. The Labute approximate surface area is 199 Å². The highest BCUT2D eigenvalue weighted by Crippen LogP contribution is 2.34. The molecule has 1 heterocycles. The van der Waals surface area contributed by atoms with E-state index in [1.807, 2.05) is 43.3 Å². The minimum atomic E-state index is -3.75. The van der Waals surface area contributed by atoms with Gasteiger partial charge in [-0.15, -0.1) is 0 Å². The highest BCUT2D eigenvalue weighted by Gasteiger charge is 2.31. The van der Waals surface area contributed by atoms with Crippen LogP contribution in [-0.2, 0) is 27.8 Å². The molecule has 0 aliphatic carbocycles. The van der Waals surface area contributed by atoms with Gasteiger partial charge in [0.15, 0.2) is 0 Å². The van der Waals surface area contributed by atoms with Gasteiger partial charge in [0.05, 0.1) is 4.90 Å². The van der Waals surface area contributed by atoms with Crippen LogP contribution in [0.15, 0.2) is 77.7 Å². The quantitative estimate of drug-likeness (QED) is 0.535. The second-order valence-electron chi connectivity index (χ2n) is 8.31. The number of hydrogen-bond donors (Lipinski definition) is 2. The van der Waals surface area contributed by atoms with Crippen LogP contribution in [0.5, 0.6) is 0 Å². The van der Waals surface area contributed by atoms with E-state index in [-0.39, 0.29) is 29.3 Å². The average Bonchev–Trinajstić information content (AvgIpc) is 3.18. The predicted octanol–water partition coefficient (Wildman–Crippen LogP) is 4.11. The standard InChI is InChI=1S/C26H27N3O4S/c1-3-25(30)28-22-11-13-23(14-12-22)34(32,33)27-17-19-9-10-21-15-18(2)29(24(21)16-19)26(31)20-7-5-4-6-8-20/h4-14,16,18,27H,3,15,17H2,1-2H3,(H,28,30). The molecular weight excluding hydrogens is 450 g/mol. The summed E-state index contributed by atoms with van der Waals surface area (Å²) in [5.74, 6) is -0.209. The van der Waals surface area contributed by atoms with E-state index < -0.39 is 10.0 Å². The Balaban J connectivity index is 1.49. The number of carbonyl (C=O) groups is 2. The molecule has 4 rings (SSSR count). The first kappa shape index (κ1) is 23.7. The number of anilines is 2. The Morgan fingerprint density at radius 3 is 2.38 bits per heavy atom. The minimum Gasteiger partial charge on any atom is -0.326 e. The summed E-state index contributed by atoms with van der Waals surface area (Å²) in [7, 11) is -3.75. The molecule has 0 saturated heterocycles. The maximum absolute atomic E-state index is 13.1. The number of fused-ring (bicyclic) bond motifs is 1. The van der Waals surface area contributed by atoms with Crippen LogP contribution in [0.2, 0.25) is 0 Å². The van der Waals surface area contributed by atoms with Gasteiger partial charge < -0.3 is 10.2 Å². The molecule has 1 unspecified atom stereocenters. The maximum Gasteiger partial charge on any atom is 0.258 e. The van der Waals surface area contributed by atoms with E-state index in [0.29, 0.717) is 17.7 Å². The number of nitrogens with one attached hydrogen (secondary N) is 2. The molecule has 0 spiro atoms. The lowest BCUT2D eigenvalue weighted by Crippen LogP contribution is -2.35. The third kappa shape index (κ3) is 5.03. The van der Waals surface area contributed by atoms with Crippen molar-refractivity contribution in [1.82, 2.24) is 4.72 Å². The summed E-state index contributed by atoms with van der Waals surface area (Å²) in [4.78, 5) is 26.5. The number of amides is 2. The second kappa shape index (κ2) is 9.79. The van der Waals surface area contributed by atoms with Crippen molar-refractivity contribution >= 4 is 33.2 Å². The van der Waals surface area contributed by atoms with Gasteiger partial charge in [0.1, 0.15) is 0 Å². The lowest BCUT2D eigenvalue weighted by atomic mass is 10.1. The van der Waals surface area contributed by atoms with Crippen molar-refractivity contribution < 1.29 is 18.0 Å². The fourth-order valence-electron chi connectivity index (χ4n) is 4.02. The van der Waals surface area contributed by atoms with Gasteiger partial charge in [0.2, 0.25) is 15.9 Å². The van der Waals surface area contributed by atoms with E-state index >= 15 is 0 Å². The van der Waals surface area contributed by atoms with Gasteiger partial charge in [-0.2, -0.15) is 0 Å². The summed E-state index contributed by atoms with van der Waals surface area (Å²) in [5.41, 5.74) is 3.80. The Morgan fingerprint density at radius 2 is 1.71 bits per heavy atom. The molecule has 34 heavy (non-hydrogen) atoms. The molecule has 0 saturated carbocycles. The summed E-state index contributed by atoms with van der Waals surface area (Å²) >= 11 is 0. The lowest BCUT2D eigenvalue weighted by Gasteiger charge is -2.23. The van der Waals surface area contributed by atoms with Gasteiger partial charge in [-0.1, -0.05) is 37.3 Å². The van der Waals surface area contributed by atoms with Crippen molar-refractivity contribution in [2.24, 2.45) is 0 Å². The monoisotopic (exact) mass is 477 g/mol. The van der Waals surface area contributed by atoms with E-state index in [2.05, 4.69) is 10.0 Å². The smallest absolute Gasteiger partial charge is 0.258 e. The lowest BCUT2D eigenvalue weighted by molar-refractivity contribution is -0.115. The fraction of sp³-hybridized carbons (Fsp3) is 0.231. The molecule has 0 fully saturated rings. The number of hydrogen-bond acceptors (Lipinski definition) is 4. The van der Waals surface area contributed by atoms with Crippen LogP contribution < -0.4 is 14.9 Å². The van der Waals surface area contributed by atoms with Crippen LogP contribution in [0, 0.1) is 0 Å². The molecule has 0 aromatic heterocycles. The average molecular weight is 478 g/mol. The Morgan fingerprint density at radius 1 is 1.00 bits per heavy atom. The minimum absolute atomic E-state index is 0.0151. The molecule has 1 aliphatic rings. The molecule has 1 atom stereocenters. The van der Waals surface area contributed by atoms with E-state index in [4.69, 9.17) is 0 Å². The normalized spacial score (nSPS) is 15.1. The molecule has 8 heteroatoms. The van der Waals surface area contributed by atoms with Crippen LogP contribution in [-0.4, -0.2) is 26.3 Å². The molecule has 3 aromatic carbocycles. The molecule has 1 aliphatic heterocycles. The van der Waals surface area contributed by atoms with E-state index in [9.17, 15) is 18.0 Å². The Kier molecular flexibility index (Phi) is 6.81. The van der Waals surface area contributed by atoms with Crippen molar-refractivity contribution in [1.29, 1.82) is 0 Å². The van der Waals surface area contributed by atoms with Crippen LogP contribution in [0.4, 0.5) is 11.4 Å². The summed E-state index contributed by atoms with van der Waals surface area (Å²) in [5, 5.41) is 2.69. The van der Waals surface area contributed by atoms with Gasteiger partial charge in [-0.25, -0.2) is 13.1 Å². The molecule has 7 nitrogen and oxygen atoms in total. The van der Waals surface area contributed by atoms with Gasteiger partial charge in [-0.05, 0) is 66.9 Å². The number of carbonyl (C=O) groups excluding carboxylic acids is 2. The Hall–Kier alpha value is -3.49. The number of benzene rings is 3. The Bertz CT molecular complexity index is 1310. The molecule has 2 N–H and O–H groups in total. The van der Waals surface area contributed by atoms with Crippen molar-refractivity contribution in [3.63, 3.8) is 0 Å². The molecule has 176 valence electrons. The topological polar surface area (TPSA) is 95.6 Å².